The molecule has 75 heavy (non-hydrogen) atoms. The van der Waals surface area contributed by atoms with Gasteiger partial charge in [-0.2, -0.15) is 5.26 Å². The number of carbonyl (C=O) groups is 4. The Morgan fingerprint density at radius 2 is 1.43 bits per heavy atom. The standard InChI is InChI=1S/C55H68Cl2N8O10/c1-71-46-34-44(40(56)32-41(46)57)61-52-37(35-58)36-59-43-33-48(47(72-2)31-39(43)52)75-30-14-21-64-24-22-63(23-25-64)20-8-3-4-9-26-73-28-11-6-12-29-74-27-10-5-7-17-49(66)60-42-16-13-15-38-51(42)55(70)65(54(38)69)45-18-19-50(67)62-53(45)68/h13,15-16,31-34,36,45H,3-12,14,17-30H2,1-2H3,(H,59,61)(H,60,66)(H,62,67,68)/p+1. The lowest BCUT2D eigenvalue weighted by Crippen LogP contribution is -2.82. The number of fused-ring (bicyclic) bond motifs is 2. The number of benzene rings is 3. The van der Waals surface area contributed by atoms with Gasteiger partial charge < -0.3 is 49.2 Å². The summed E-state index contributed by atoms with van der Waals surface area (Å²) in [4.78, 5) is 63.6. The van der Waals surface area contributed by atoms with Crippen LogP contribution in [0.5, 0.6) is 17.2 Å². The number of aliphatic hydroxyl groups excluding tert-OH is 1. The Hall–Kier alpha value is -6.07. The molecule has 402 valence electrons. The minimum atomic E-state index is -0.956. The highest BCUT2D eigenvalue weighted by atomic mass is 35.5. The second kappa shape index (κ2) is 28.7. The maximum atomic E-state index is 13.3. The number of nitrogens with zero attached hydrogens (tertiary/aromatic N) is 5. The van der Waals surface area contributed by atoms with Crippen molar-refractivity contribution in [2.75, 3.05) is 97.2 Å². The Morgan fingerprint density at radius 1 is 0.773 bits per heavy atom. The minimum absolute atomic E-state index is 0.0740. The number of aromatic nitrogens is 1. The Balaban J connectivity index is 0.658. The molecule has 1 aromatic heterocycles. The van der Waals surface area contributed by atoms with Crippen molar-refractivity contribution in [2.45, 2.75) is 95.9 Å². The van der Waals surface area contributed by atoms with Gasteiger partial charge in [-0.25, -0.2) is 4.79 Å². The number of halogens is 2. The molecule has 0 aliphatic carbocycles. The van der Waals surface area contributed by atoms with Crippen molar-refractivity contribution < 1.29 is 53.0 Å². The number of ether oxygens (including phenoxy) is 5. The van der Waals surface area contributed by atoms with Gasteiger partial charge in [0.15, 0.2) is 17.5 Å². The van der Waals surface area contributed by atoms with Gasteiger partial charge in [0.05, 0.1) is 76.6 Å². The van der Waals surface area contributed by atoms with Crippen LogP contribution in [0.4, 0.5) is 17.1 Å². The number of aliphatic hydroxyl groups is 1. The zero-order chi connectivity index (χ0) is 53.1. The zero-order valence-electron chi connectivity index (χ0n) is 43.0. The smallest absolute Gasteiger partial charge is 0.388 e. The number of imide groups is 1. The highest BCUT2D eigenvalue weighted by Crippen LogP contribution is 2.41. The molecular weight excluding hydrogens is 1000 g/mol. The molecule has 1 atom stereocenters. The predicted octanol–water partition coefficient (Wildman–Crippen LogP) is 7.85. The molecular formula is C55H69Cl2N8O10+. The number of pyridine rings is 1. The van der Waals surface area contributed by atoms with Gasteiger partial charge in [-0.05, 0) is 88.6 Å². The first-order valence-electron chi connectivity index (χ1n) is 26.1. The van der Waals surface area contributed by atoms with Crippen LogP contribution in [0.3, 0.4) is 0 Å². The molecule has 4 N–H and O–H groups in total. The number of rotatable bonds is 30. The number of amides is 4. The fraction of sp³-hybridized carbons (Fsp3) is 0.509. The number of nitrogens with one attached hydrogen (secondary N) is 3. The Bertz CT molecular complexity index is 2710. The summed E-state index contributed by atoms with van der Waals surface area (Å²) in [6.07, 6.45) is 12.9. The lowest BCUT2D eigenvalue weighted by Gasteiger charge is -2.34. The molecule has 3 aliphatic rings. The van der Waals surface area contributed by atoms with Crippen molar-refractivity contribution >= 4 is 80.7 Å². The number of anilines is 3. The van der Waals surface area contributed by atoms with E-state index >= 15 is 0 Å². The average Bonchev–Trinajstić information content (AvgIpc) is 3.67. The van der Waals surface area contributed by atoms with Crippen molar-refractivity contribution in [3.8, 4) is 23.3 Å². The Labute approximate surface area is 448 Å². The summed E-state index contributed by atoms with van der Waals surface area (Å²) in [6.45, 7) is 9.75. The number of piperazine rings is 1. The lowest BCUT2D eigenvalue weighted by atomic mass is 10.1. The quantitative estimate of drug-likeness (QED) is 0.0289. The fourth-order valence-corrected chi connectivity index (χ4v) is 10.0. The normalized spacial score (nSPS) is 16.0. The number of unbranched alkanes of at least 4 members (excludes halogenated alkanes) is 7. The molecule has 4 heterocycles. The fourth-order valence-electron chi connectivity index (χ4n) is 9.51. The second-order valence-electron chi connectivity index (χ2n) is 18.9. The van der Waals surface area contributed by atoms with E-state index in [4.69, 9.17) is 46.9 Å². The molecule has 4 aromatic rings. The molecule has 3 aliphatic heterocycles. The number of carbonyl (C=O) groups excluding carboxylic acids is 4. The van der Waals surface area contributed by atoms with Gasteiger partial charge in [-0.15, -0.1) is 4.99 Å². The van der Waals surface area contributed by atoms with Crippen LogP contribution in [-0.4, -0.2) is 147 Å². The molecule has 20 heteroatoms. The Morgan fingerprint density at radius 3 is 2.09 bits per heavy atom. The zero-order valence-corrected chi connectivity index (χ0v) is 44.5. The Kier molecular flexibility index (Phi) is 21.7. The summed E-state index contributed by atoms with van der Waals surface area (Å²) in [5.74, 6) is -0.675. The molecule has 4 amide bonds. The van der Waals surface area contributed by atoms with Crippen molar-refractivity contribution in [1.82, 2.24) is 19.7 Å². The number of nitriles is 1. The van der Waals surface area contributed by atoms with Crippen LogP contribution in [0.1, 0.15) is 116 Å². The first-order chi connectivity index (χ1) is 36.5. The molecule has 3 aromatic carbocycles. The first-order valence-corrected chi connectivity index (χ1v) is 26.9. The lowest BCUT2D eigenvalue weighted by molar-refractivity contribution is -0.394. The van der Waals surface area contributed by atoms with Crippen molar-refractivity contribution in [2.24, 2.45) is 0 Å². The summed E-state index contributed by atoms with van der Waals surface area (Å²) in [6, 6.07) is 12.9. The topological polar surface area (TPSA) is 219 Å². The highest BCUT2D eigenvalue weighted by molar-refractivity contribution is 6.37. The third-order valence-electron chi connectivity index (χ3n) is 13.7. The molecule has 0 spiro atoms. The summed E-state index contributed by atoms with van der Waals surface area (Å²) < 4.78 is 29.0. The number of methoxy groups -OCH3 is 2. The van der Waals surface area contributed by atoms with Gasteiger partial charge in [-0.3, -0.25) is 24.3 Å². The van der Waals surface area contributed by atoms with Crippen LogP contribution >= 0.6 is 23.2 Å². The molecule has 18 nitrogen and oxygen atoms in total. The maximum absolute atomic E-state index is 13.3. The average molecular weight is 1070 g/mol. The molecule has 0 bridgehead atoms. The van der Waals surface area contributed by atoms with Gasteiger partial charge in [0.2, 0.25) is 5.91 Å². The highest BCUT2D eigenvalue weighted by Gasteiger charge is 2.47. The van der Waals surface area contributed by atoms with Crippen LogP contribution in [0, 0.1) is 11.3 Å². The van der Waals surface area contributed by atoms with E-state index in [1.165, 1.54) is 38.6 Å². The third kappa shape index (κ3) is 15.5. The first kappa shape index (κ1) is 56.7. The van der Waals surface area contributed by atoms with Gasteiger partial charge in [0.1, 0.15) is 11.8 Å². The van der Waals surface area contributed by atoms with E-state index in [1.807, 2.05) is 12.1 Å². The van der Waals surface area contributed by atoms with Crippen molar-refractivity contribution in [3.05, 3.63) is 75.4 Å². The van der Waals surface area contributed by atoms with E-state index in [0.717, 1.165) is 102 Å². The maximum Gasteiger partial charge on any atom is 0.388 e. The molecule has 0 radical (unpaired) electrons. The van der Waals surface area contributed by atoms with Gasteiger partial charge in [-0.1, -0.05) is 48.5 Å². The summed E-state index contributed by atoms with van der Waals surface area (Å²) in [5, 5.41) is 27.7. The minimum Gasteiger partial charge on any atom is -0.495 e. The summed E-state index contributed by atoms with van der Waals surface area (Å²) >= 11 is 12.8. The van der Waals surface area contributed by atoms with Crippen molar-refractivity contribution in [1.29, 1.82) is 5.26 Å². The SMILES string of the molecule is COc1cc(Nc2c(C#N)cnc3cc(OCCCN4CCN(CCCCCCOCCCCCOCCCCCC(=O)Nc5cccc6c5C(=O)N(C5CCC(=O)[NH+]=C5O)C6=O)CC4)c(OC)cc23)c(Cl)cc1Cl. The molecule has 1 fully saturated rings. The van der Waals surface area contributed by atoms with Crippen LogP contribution in [-0.2, 0) is 19.1 Å². The van der Waals surface area contributed by atoms with Gasteiger partial charge in [0.25, 0.3) is 11.8 Å². The van der Waals surface area contributed by atoms with Gasteiger partial charge in [0, 0.05) is 89.3 Å². The number of hydrogen-bond donors (Lipinski definition) is 4. The molecule has 1 saturated heterocycles. The van der Waals surface area contributed by atoms with E-state index in [-0.39, 0.29) is 47.9 Å². The predicted molar refractivity (Wildman–Crippen MR) is 287 cm³/mol. The van der Waals surface area contributed by atoms with E-state index in [0.29, 0.717) is 81.4 Å². The van der Waals surface area contributed by atoms with E-state index in [2.05, 4.69) is 36.5 Å². The monoisotopic (exact) mass is 1070 g/mol. The molecule has 7 rings (SSSR count). The van der Waals surface area contributed by atoms with E-state index in [1.54, 1.807) is 31.4 Å². The van der Waals surface area contributed by atoms with E-state index < -0.39 is 23.8 Å². The largest absolute Gasteiger partial charge is 0.495 e. The van der Waals surface area contributed by atoms with Crippen LogP contribution in [0.2, 0.25) is 10.0 Å². The summed E-state index contributed by atoms with van der Waals surface area (Å²) in [5.41, 5.74) is 2.54. The molecule has 0 saturated carbocycles. The van der Waals surface area contributed by atoms with Crippen LogP contribution in [0.15, 0.2) is 48.7 Å². The number of hydrogen-bond acceptors (Lipinski definition) is 14. The van der Waals surface area contributed by atoms with Crippen LogP contribution < -0.4 is 29.8 Å². The molecule has 1 unspecified atom stereocenters. The second-order valence-corrected chi connectivity index (χ2v) is 19.7. The van der Waals surface area contributed by atoms with Crippen molar-refractivity contribution in [3.63, 3.8) is 0 Å². The van der Waals surface area contributed by atoms with Crippen LogP contribution in [0.25, 0.3) is 10.9 Å². The van der Waals surface area contributed by atoms with Gasteiger partial charge >= 0.3 is 11.8 Å². The van der Waals surface area contributed by atoms with E-state index in [9.17, 15) is 29.5 Å². The summed E-state index contributed by atoms with van der Waals surface area (Å²) in [7, 11) is 3.11. The third-order valence-corrected chi connectivity index (χ3v) is 14.3.